The zero-order chi connectivity index (χ0) is 13.5. The van der Waals surface area contributed by atoms with Crippen molar-refractivity contribution < 1.29 is 14.6 Å². The second-order valence-corrected chi connectivity index (χ2v) is 3.50. The lowest BCUT2D eigenvalue weighted by Crippen LogP contribution is -1.87. The first-order valence-electron chi connectivity index (χ1n) is 5.23. The van der Waals surface area contributed by atoms with Crippen LogP contribution in [0.15, 0.2) is 42.5 Å². The van der Waals surface area contributed by atoms with Crippen molar-refractivity contribution in [1.29, 1.82) is 0 Å². The van der Waals surface area contributed by atoms with Gasteiger partial charge < -0.3 is 21.3 Å². The van der Waals surface area contributed by atoms with Crippen LogP contribution >= 0.6 is 0 Å². The number of aromatic hydroxyl groups is 2. The van der Waals surface area contributed by atoms with Crippen molar-refractivity contribution in [2.75, 3.05) is 18.1 Å². The van der Waals surface area contributed by atoms with Crippen molar-refractivity contribution in [3.63, 3.8) is 0 Å². The molecule has 0 fully saturated rings. The van der Waals surface area contributed by atoms with Crippen LogP contribution in [-0.2, 0) is 0 Å². The predicted molar refractivity (Wildman–Crippen MR) is 70.1 cm³/mol. The summed E-state index contributed by atoms with van der Waals surface area (Å²) in [5.74, 6) is -0.397. The molecule has 0 spiro atoms. The van der Waals surface area contributed by atoms with Crippen LogP contribution in [0, 0.1) is 5.82 Å². The third kappa shape index (κ3) is 4.21. The van der Waals surface area contributed by atoms with Gasteiger partial charge in [-0.05, 0) is 36.4 Å². The average Bonchev–Trinajstić information content (AvgIpc) is 2.36. The number of anilines is 2. The van der Waals surface area contributed by atoms with E-state index >= 15 is 0 Å². The molecule has 0 saturated carbocycles. The molecular formula is C13H15FN2O2. The summed E-state index contributed by atoms with van der Waals surface area (Å²) in [4.78, 5) is 0. The predicted octanol–water partition coefficient (Wildman–Crippen LogP) is 2.55. The summed E-state index contributed by atoms with van der Waals surface area (Å²) < 4.78 is 12.3. The number of hydrogen-bond acceptors (Lipinski definition) is 4. The number of phenols is 2. The largest absolute Gasteiger partial charge is 0.508 e. The molecule has 2 aromatic rings. The van der Waals surface area contributed by atoms with E-state index in [0.717, 1.165) is 11.8 Å². The number of rotatable bonds is 1. The molecular weight excluding hydrogens is 235 g/mol. The zero-order valence-corrected chi connectivity index (χ0v) is 9.89. The highest BCUT2D eigenvalue weighted by Gasteiger charge is 1.95. The number of halogens is 1. The van der Waals surface area contributed by atoms with Gasteiger partial charge in [0, 0.05) is 18.8 Å². The lowest BCUT2D eigenvalue weighted by Gasteiger charge is -1.96. The molecule has 0 bridgehead atoms. The molecule has 18 heavy (non-hydrogen) atoms. The molecule has 0 amide bonds. The third-order valence-corrected chi connectivity index (χ3v) is 2.14. The molecule has 0 atom stereocenters. The summed E-state index contributed by atoms with van der Waals surface area (Å²) in [6.07, 6.45) is 0. The fourth-order valence-corrected chi connectivity index (χ4v) is 1.14. The highest BCUT2D eigenvalue weighted by atomic mass is 19.1. The van der Waals surface area contributed by atoms with Gasteiger partial charge in [0.15, 0.2) is 0 Å². The van der Waals surface area contributed by atoms with E-state index in [1.807, 2.05) is 19.2 Å². The lowest BCUT2D eigenvalue weighted by molar-refractivity contribution is 0.469. The highest BCUT2D eigenvalue weighted by molar-refractivity contribution is 5.45. The minimum atomic E-state index is -0.588. The van der Waals surface area contributed by atoms with E-state index in [4.69, 9.17) is 15.9 Å². The van der Waals surface area contributed by atoms with Gasteiger partial charge in [-0.25, -0.2) is 4.39 Å². The molecule has 0 aliphatic rings. The molecule has 0 unspecified atom stereocenters. The van der Waals surface area contributed by atoms with Crippen LogP contribution in [0.2, 0.25) is 0 Å². The number of hydrogen-bond donors (Lipinski definition) is 4. The first-order valence-corrected chi connectivity index (χ1v) is 5.23. The Morgan fingerprint density at radius 3 is 2.00 bits per heavy atom. The molecule has 0 aliphatic carbocycles. The van der Waals surface area contributed by atoms with Gasteiger partial charge in [0.05, 0.1) is 5.69 Å². The number of benzene rings is 2. The van der Waals surface area contributed by atoms with E-state index in [1.54, 1.807) is 12.1 Å². The van der Waals surface area contributed by atoms with Crippen LogP contribution in [0.3, 0.4) is 0 Å². The van der Waals surface area contributed by atoms with Crippen molar-refractivity contribution in [3.05, 3.63) is 48.3 Å². The van der Waals surface area contributed by atoms with Crippen LogP contribution in [-0.4, -0.2) is 17.3 Å². The molecule has 0 radical (unpaired) electrons. The van der Waals surface area contributed by atoms with Crippen molar-refractivity contribution in [1.82, 2.24) is 0 Å². The Morgan fingerprint density at radius 1 is 1.00 bits per heavy atom. The van der Waals surface area contributed by atoms with Crippen LogP contribution < -0.4 is 11.1 Å². The number of nitrogens with one attached hydrogen (secondary N) is 1. The van der Waals surface area contributed by atoms with E-state index in [1.165, 1.54) is 12.1 Å². The van der Waals surface area contributed by atoms with Crippen LogP contribution in [0.1, 0.15) is 0 Å². The third-order valence-electron chi connectivity index (χ3n) is 2.14. The van der Waals surface area contributed by atoms with Crippen LogP contribution in [0.25, 0.3) is 0 Å². The monoisotopic (exact) mass is 250 g/mol. The molecule has 0 aliphatic heterocycles. The lowest BCUT2D eigenvalue weighted by atomic mass is 10.3. The van der Waals surface area contributed by atoms with Crippen LogP contribution in [0.5, 0.6) is 11.5 Å². The quantitative estimate of drug-likeness (QED) is 0.463. The van der Waals surface area contributed by atoms with Gasteiger partial charge in [0.1, 0.15) is 17.3 Å². The Bertz CT molecular complexity index is 501. The van der Waals surface area contributed by atoms with E-state index in [2.05, 4.69) is 5.32 Å². The highest BCUT2D eigenvalue weighted by Crippen LogP contribution is 2.15. The Hall–Kier alpha value is -2.43. The Balaban J connectivity index is 0.000000180. The smallest absolute Gasteiger partial charge is 0.149 e. The molecule has 5 heteroatoms. The fraction of sp³-hybridized carbons (Fsp3) is 0.0769. The summed E-state index contributed by atoms with van der Waals surface area (Å²) in [5.41, 5.74) is 6.16. The van der Waals surface area contributed by atoms with Gasteiger partial charge in [-0.15, -0.1) is 0 Å². The van der Waals surface area contributed by atoms with Gasteiger partial charge >= 0.3 is 0 Å². The van der Waals surface area contributed by atoms with Gasteiger partial charge in [0.2, 0.25) is 0 Å². The average molecular weight is 250 g/mol. The molecule has 5 N–H and O–H groups in total. The summed E-state index contributed by atoms with van der Waals surface area (Å²) in [6, 6.07) is 10.5. The molecule has 0 heterocycles. The summed E-state index contributed by atoms with van der Waals surface area (Å²) >= 11 is 0. The summed E-state index contributed by atoms with van der Waals surface area (Å²) in [7, 11) is 1.84. The standard InChI is InChI=1S/C7H9NO.C6H6FNO/c1-8-6-2-4-7(9)5-3-6;7-5-3-4(9)1-2-6(5)8/h2-5,8-9H,1H3;1-3,9H,8H2. The number of nitrogen functional groups attached to an aromatic ring is 1. The van der Waals surface area contributed by atoms with Crippen LogP contribution in [0.4, 0.5) is 15.8 Å². The second kappa shape index (κ2) is 6.34. The van der Waals surface area contributed by atoms with Gasteiger partial charge in [-0.3, -0.25) is 0 Å². The summed E-state index contributed by atoms with van der Waals surface area (Å²) in [6.45, 7) is 0. The second-order valence-electron chi connectivity index (χ2n) is 3.50. The maximum absolute atomic E-state index is 12.3. The summed E-state index contributed by atoms with van der Waals surface area (Å²) in [5, 5.41) is 20.4. The first-order chi connectivity index (χ1) is 8.52. The van der Waals surface area contributed by atoms with E-state index in [9.17, 15) is 4.39 Å². The minimum absolute atomic E-state index is 0.0489. The Labute approximate surface area is 105 Å². The first kappa shape index (κ1) is 13.6. The number of nitrogens with two attached hydrogens (primary N) is 1. The minimum Gasteiger partial charge on any atom is -0.508 e. The van der Waals surface area contributed by atoms with Crippen molar-refractivity contribution in [2.45, 2.75) is 0 Å². The normalized spacial score (nSPS) is 9.22. The van der Waals surface area contributed by atoms with E-state index < -0.39 is 5.82 Å². The van der Waals surface area contributed by atoms with Gasteiger partial charge in [-0.2, -0.15) is 0 Å². The van der Waals surface area contributed by atoms with Crippen molar-refractivity contribution in [3.8, 4) is 11.5 Å². The number of phenolic OH excluding ortho intramolecular Hbond substituents is 2. The molecule has 0 saturated heterocycles. The molecule has 2 aromatic carbocycles. The topological polar surface area (TPSA) is 78.5 Å². The molecule has 4 nitrogen and oxygen atoms in total. The maximum Gasteiger partial charge on any atom is 0.149 e. The maximum atomic E-state index is 12.3. The van der Waals surface area contributed by atoms with Crippen molar-refractivity contribution >= 4 is 11.4 Å². The Morgan fingerprint density at radius 2 is 1.56 bits per heavy atom. The van der Waals surface area contributed by atoms with E-state index in [-0.39, 0.29) is 11.4 Å². The SMILES string of the molecule is CNc1ccc(O)cc1.Nc1ccc(O)cc1F. The van der Waals surface area contributed by atoms with Crippen molar-refractivity contribution in [2.24, 2.45) is 0 Å². The molecule has 0 aromatic heterocycles. The molecule has 96 valence electrons. The Kier molecular flexibility index (Phi) is 4.80. The van der Waals surface area contributed by atoms with Gasteiger partial charge in [-0.1, -0.05) is 0 Å². The van der Waals surface area contributed by atoms with E-state index in [0.29, 0.717) is 5.75 Å². The fourth-order valence-electron chi connectivity index (χ4n) is 1.14. The van der Waals surface area contributed by atoms with Gasteiger partial charge in [0.25, 0.3) is 0 Å². The zero-order valence-electron chi connectivity index (χ0n) is 9.89. The molecule has 2 rings (SSSR count).